The molecule has 0 saturated heterocycles. The number of allylic oxidation sites excluding steroid dienone is 3. The topological polar surface area (TPSA) is 95.9 Å². The van der Waals surface area contributed by atoms with Crippen molar-refractivity contribution in [3.05, 3.63) is 24.3 Å². The number of unbranched alkanes of at least 4 members (excludes halogenated alkanes) is 45. The smallest absolute Gasteiger partial charge is 0.305 e. The van der Waals surface area contributed by atoms with Gasteiger partial charge in [-0.3, -0.25) is 9.59 Å². The largest absolute Gasteiger partial charge is 0.466 e. The average molecular weight is 973 g/mol. The van der Waals surface area contributed by atoms with Crippen molar-refractivity contribution in [2.24, 2.45) is 0 Å². The van der Waals surface area contributed by atoms with Crippen LogP contribution in [-0.2, 0) is 14.3 Å². The first-order valence-electron chi connectivity index (χ1n) is 31.1. The number of hydrogen-bond acceptors (Lipinski definition) is 5. The summed E-state index contributed by atoms with van der Waals surface area (Å²) in [5, 5.41) is 23.1. The van der Waals surface area contributed by atoms with Crippen LogP contribution in [0.4, 0.5) is 0 Å². The van der Waals surface area contributed by atoms with Crippen molar-refractivity contribution in [1.82, 2.24) is 5.32 Å². The molecule has 0 rings (SSSR count). The summed E-state index contributed by atoms with van der Waals surface area (Å²) >= 11 is 0. The molecule has 0 aromatic heterocycles. The molecule has 0 aromatic carbocycles. The van der Waals surface area contributed by atoms with E-state index in [2.05, 4.69) is 31.3 Å². The molecule has 3 N–H and O–H groups in total. The fourth-order valence-corrected chi connectivity index (χ4v) is 9.69. The maximum Gasteiger partial charge on any atom is 0.305 e. The molecular formula is C63H121NO5. The molecule has 0 aliphatic rings. The lowest BCUT2D eigenvalue weighted by molar-refractivity contribution is -0.143. The van der Waals surface area contributed by atoms with Gasteiger partial charge in [0.15, 0.2) is 0 Å². The molecule has 1 amide bonds. The van der Waals surface area contributed by atoms with Crippen LogP contribution in [0.3, 0.4) is 0 Å². The summed E-state index contributed by atoms with van der Waals surface area (Å²) in [6.07, 6.45) is 72.1. The molecule has 0 spiro atoms. The Hall–Kier alpha value is -1.66. The standard InChI is InChI=1S/C63H121NO5/c1-3-5-7-9-11-13-15-17-19-24-29-33-37-41-45-49-53-57-63(68)69-58-54-50-46-42-38-34-30-26-23-21-22-25-28-32-36-40-44-48-52-56-62(67)64-60(59-65)61(66)55-51-47-43-39-35-31-27-20-18-16-14-12-10-8-6-4-2/h17,19,51,55,60-61,65-66H,3-16,18,20-50,52-54,56-59H2,1-2H3,(H,64,67)/b19-17-,55-51+. The van der Waals surface area contributed by atoms with Crippen molar-refractivity contribution in [3.8, 4) is 0 Å². The molecule has 0 radical (unpaired) electrons. The van der Waals surface area contributed by atoms with Gasteiger partial charge in [0.05, 0.1) is 25.4 Å². The van der Waals surface area contributed by atoms with Gasteiger partial charge in [-0.15, -0.1) is 0 Å². The lowest BCUT2D eigenvalue weighted by Gasteiger charge is -2.20. The summed E-state index contributed by atoms with van der Waals surface area (Å²) in [5.41, 5.74) is 0. The molecule has 0 aromatic rings. The molecule has 2 atom stereocenters. The van der Waals surface area contributed by atoms with Crippen LogP contribution in [0.25, 0.3) is 0 Å². The Kier molecular flexibility index (Phi) is 57.5. The van der Waals surface area contributed by atoms with E-state index in [0.717, 1.165) is 44.9 Å². The molecule has 69 heavy (non-hydrogen) atoms. The predicted octanol–water partition coefficient (Wildman–Crippen LogP) is 19.4. The van der Waals surface area contributed by atoms with Crippen molar-refractivity contribution in [2.75, 3.05) is 13.2 Å². The van der Waals surface area contributed by atoms with Gasteiger partial charge in [0.25, 0.3) is 0 Å². The third kappa shape index (κ3) is 55.5. The van der Waals surface area contributed by atoms with Crippen molar-refractivity contribution in [2.45, 2.75) is 353 Å². The normalized spacial score (nSPS) is 12.7. The van der Waals surface area contributed by atoms with Crippen LogP contribution in [-0.4, -0.2) is 47.4 Å². The van der Waals surface area contributed by atoms with Crippen LogP contribution in [0, 0.1) is 0 Å². The van der Waals surface area contributed by atoms with E-state index < -0.39 is 12.1 Å². The second kappa shape index (κ2) is 58.9. The second-order valence-corrected chi connectivity index (χ2v) is 21.4. The van der Waals surface area contributed by atoms with E-state index in [0.29, 0.717) is 19.4 Å². The molecule has 0 bridgehead atoms. The Morgan fingerprint density at radius 3 is 1.03 bits per heavy atom. The maximum absolute atomic E-state index is 12.5. The molecule has 6 heteroatoms. The molecule has 2 unspecified atom stereocenters. The van der Waals surface area contributed by atoms with Crippen LogP contribution in [0.1, 0.15) is 341 Å². The van der Waals surface area contributed by atoms with Gasteiger partial charge in [0.2, 0.25) is 5.91 Å². The van der Waals surface area contributed by atoms with Crippen LogP contribution < -0.4 is 5.32 Å². The highest BCUT2D eigenvalue weighted by Crippen LogP contribution is 2.17. The number of hydrogen-bond donors (Lipinski definition) is 3. The van der Waals surface area contributed by atoms with Crippen LogP contribution in [0.5, 0.6) is 0 Å². The van der Waals surface area contributed by atoms with E-state index in [-0.39, 0.29) is 18.5 Å². The molecule has 0 fully saturated rings. The Morgan fingerprint density at radius 1 is 0.391 bits per heavy atom. The van der Waals surface area contributed by atoms with Gasteiger partial charge >= 0.3 is 5.97 Å². The average Bonchev–Trinajstić information content (AvgIpc) is 3.35. The van der Waals surface area contributed by atoms with E-state index >= 15 is 0 Å². The van der Waals surface area contributed by atoms with Gasteiger partial charge in [-0.25, -0.2) is 0 Å². The minimum atomic E-state index is -0.846. The minimum Gasteiger partial charge on any atom is -0.466 e. The first-order valence-corrected chi connectivity index (χ1v) is 31.1. The quantitative estimate of drug-likeness (QED) is 0.0321. The highest BCUT2D eigenvalue weighted by atomic mass is 16.5. The summed E-state index contributed by atoms with van der Waals surface area (Å²) in [4.78, 5) is 24.6. The molecule has 6 nitrogen and oxygen atoms in total. The van der Waals surface area contributed by atoms with E-state index in [1.165, 1.54) is 270 Å². The molecular weight excluding hydrogens is 851 g/mol. The number of amides is 1. The second-order valence-electron chi connectivity index (χ2n) is 21.4. The van der Waals surface area contributed by atoms with Crippen molar-refractivity contribution in [3.63, 3.8) is 0 Å². The zero-order valence-corrected chi connectivity index (χ0v) is 46.6. The Balaban J connectivity index is 3.41. The number of rotatable bonds is 58. The molecule has 408 valence electrons. The van der Waals surface area contributed by atoms with Crippen LogP contribution >= 0.6 is 0 Å². The monoisotopic (exact) mass is 972 g/mol. The number of aliphatic hydroxyl groups excluding tert-OH is 2. The summed E-state index contributed by atoms with van der Waals surface area (Å²) in [6, 6.07) is -0.630. The Labute approximate surface area is 431 Å². The van der Waals surface area contributed by atoms with Gasteiger partial charge in [0.1, 0.15) is 0 Å². The van der Waals surface area contributed by atoms with Crippen molar-refractivity contribution in [1.29, 1.82) is 0 Å². The van der Waals surface area contributed by atoms with E-state index in [1.807, 2.05) is 6.08 Å². The molecule has 0 saturated carbocycles. The van der Waals surface area contributed by atoms with Gasteiger partial charge in [0, 0.05) is 12.8 Å². The number of aliphatic hydroxyl groups is 2. The summed E-state index contributed by atoms with van der Waals surface area (Å²) in [5.74, 6) is -0.0635. The Morgan fingerprint density at radius 2 is 0.681 bits per heavy atom. The van der Waals surface area contributed by atoms with Gasteiger partial charge in [-0.05, 0) is 57.8 Å². The summed E-state index contributed by atoms with van der Waals surface area (Å²) in [7, 11) is 0. The van der Waals surface area contributed by atoms with Crippen molar-refractivity contribution >= 4 is 11.9 Å². The number of carbonyl (C=O) groups excluding carboxylic acids is 2. The number of carbonyl (C=O) groups is 2. The highest BCUT2D eigenvalue weighted by molar-refractivity contribution is 5.76. The third-order valence-corrected chi connectivity index (χ3v) is 14.5. The third-order valence-electron chi connectivity index (χ3n) is 14.5. The molecule has 0 heterocycles. The fourth-order valence-electron chi connectivity index (χ4n) is 9.69. The predicted molar refractivity (Wildman–Crippen MR) is 301 cm³/mol. The Bertz CT molecular complexity index is 1080. The van der Waals surface area contributed by atoms with E-state index in [1.54, 1.807) is 6.08 Å². The number of esters is 1. The van der Waals surface area contributed by atoms with Gasteiger partial charge in [-0.2, -0.15) is 0 Å². The fraction of sp³-hybridized carbons (Fsp3) is 0.905. The lowest BCUT2D eigenvalue weighted by atomic mass is 10.0. The highest BCUT2D eigenvalue weighted by Gasteiger charge is 2.18. The number of nitrogens with one attached hydrogen (secondary N) is 1. The zero-order valence-electron chi connectivity index (χ0n) is 46.6. The van der Waals surface area contributed by atoms with E-state index in [4.69, 9.17) is 4.74 Å². The number of ether oxygens (including phenoxy) is 1. The van der Waals surface area contributed by atoms with E-state index in [9.17, 15) is 19.8 Å². The van der Waals surface area contributed by atoms with Crippen molar-refractivity contribution < 1.29 is 24.5 Å². The SMILES string of the molecule is CCCCCCCC/C=C\CCCCCCCCCC(=O)OCCCCCCCCCCCCCCCCCCCCCC(=O)NC(CO)C(O)/C=C/CCCCCCCCCCCCCCCC. The van der Waals surface area contributed by atoms with Gasteiger partial charge < -0.3 is 20.3 Å². The minimum absolute atomic E-state index is 0.00541. The summed E-state index contributed by atoms with van der Waals surface area (Å²) in [6.45, 7) is 4.91. The first kappa shape index (κ1) is 67.3. The lowest BCUT2D eigenvalue weighted by Crippen LogP contribution is -2.45. The van der Waals surface area contributed by atoms with Gasteiger partial charge in [-0.1, -0.05) is 295 Å². The van der Waals surface area contributed by atoms with Crippen LogP contribution in [0.15, 0.2) is 24.3 Å². The first-order chi connectivity index (χ1) is 34.0. The zero-order chi connectivity index (χ0) is 50.0. The molecule has 0 aliphatic carbocycles. The maximum atomic E-state index is 12.5. The summed E-state index contributed by atoms with van der Waals surface area (Å²) < 4.78 is 5.49. The molecule has 0 aliphatic heterocycles. The van der Waals surface area contributed by atoms with Crippen LogP contribution in [0.2, 0.25) is 0 Å².